The normalized spacial score (nSPS) is 20.0. The SMILES string of the molecule is FC(F)(F)COc1ccc(C2=NNC3C=CC=CN23)cn1. The maximum atomic E-state index is 12.1. The van der Waals surface area contributed by atoms with Crippen LogP contribution in [0, 0.1) is 0 Å². The van der Waals surface area contributed by atoms with Crippen LogP contribution < -0.4 is 10.2 Å². The second-order valence-electron chi connectivity index (χ2n) is 4.43. The number of halogens is 3. The van der Waals surface area contributed by atoms with Gasteiger partial charge in [-0.2, -0.15) is 18.3 Å². The molecule has 0 radical (unpaired) electrons. The molecule has 0 aliphatic carbocycles. The summed E-state index contributed by atoms with van der Waals surface area (Å²) in [6.45, 7) is -1.36. The van der Waals surface area contributed by atoms with E-state index in [-0.39, 0.29) is 12.0 Å². The van der Waals surface area contributed by atoms with Crippen molar-refractivity contribution < 1.29 is 17.9 Å². The topological polar surface area (TPSA) is 49.8 Å². The van der Waals surface area contributed by atoms with Crippen LogP contribution in [0.2, 0.25) is 0 Å². The number of rotatable bonds is 3. The molecular weight excluding hydrogens is 285 g/mol. The number of pyridine rings is 1. The highest BCUT2D eigenvalue weighted by atomic mass is 19.4. The van der Waals surface area contributed by atoms with E-state index < -0.39 is 12.8 Å². The number of aromatic nitrogens is 1. The van der Waals surface area contributed by atoms with Crippen molar-refractivity contribution in [2.45, 2.75) is 12.3 Å². The number of hydrazone groups is 1. The molecule has 8 heteroatoms. The van der Waals surface area contributed by atoms with E-state index in [2.05, 4.69) is 20.2 Å². The maximum Gasteiger partial charge on any atom is 0.422 e. The Hall–Kier alpha value is -2.51. The molecular formula is C13H11F3N4O. The van der Waals surface area contributed by atoms with Crippen molar-refractivity contribution in [1.29, 1.82) is 0 Å². The first kappa shape index (κ1) is 13.5. The minimum Gasteiger partial charge on any atom is -0.468 e. The van der Waals surface area contributed by atoms with Crippen LogP contribution >= 0.6 is 0 Å². The number of hydrogen-bond acceptors (Lipinski definition) is 5. The molecule has 1 aromatic rings. The molecule has 0 saturated heterocycles. The van der Waals surface area contributed by atoms with Crippen LogP contribution in [-0.4, -0.2) is 34.7 Å². The van der Waals surface area contributed by atoms with Crippen molar-refractivity contribution in [3.63, 3.8) is 0 Å². The van der Waals surface area contributed by atoms with Gasteiger partial charge in [-0.05, 0) is 18.2 Å². The zero-order valence-electron chi connectivity index (χ0n) is 10.7. The highest BCUT2D eigenvalue weighted by Crippen LogP contribution is 2.20. The Labute approximate surface area is 118 Å². The van der Waals surface area contributed by atoms with E-state index in [9.17, 15) is 13.2 Å². The molecule has 1 atom stereocenters. The third-order valence-electron chi connectivity index (χ3n) is 2.88. The third-order valence-corrected chi connectivity index (χ3v) is 2.88. The lowest BCUT2D eigenvalue weighted by Gasteiger charge is -2.22. The molecule has 0 saturated carbocycles. The predicted octanol–water partition coefficient (Wildman–Crippen LogP) is 2.00. The second kappa shape index (κ2) is 5.12. The van der Waals surface area contributed by atoms with Gasteiger partial charge in [-0.15, -0.1) is 0 Å². The van der Waals surface area contributed by atoms with Crippen molar-refractivity contribution >= 4 is 5.84 Å². The van der Waals surface area contributed by atoms with Gasteiger partial charge in [-0.1, -0.05) is 6.08 Å². The molecule has 0 amide bonds. The number of nitrogens with zero attached hydrogens (tertiary/aromatic N) is 3. The quantitative estimate of drug-likeness (QED) is 0.927. The van der Waals surface area contributed by atoms with Gasteiger partial charge in [0, 0.05) is 24.0 Å². The first-order valence-electron chi connectivity index (χ1n) is 6.15. The molecule has 3 rings (SSSR count). The van der Waals surface area contributed by atoms with Gasteiger partial charge in [0.15, 0.2) is 12.4 Å². The van der Waals surface area contributed by atoms with Crippen LogP contribution in [0.15, 0.2) is 47.9 Å². The Morgan fingerprint density at radius 1 is 1.29 bits per heavy atom. The summed E-state index contributed by atoms with van der Waals surface area (Å²) in [6, 6.07) is 3.01. The minimum absolute atomic E-state index is 0.0499. The Morgan fingerprint density at radius 3 is 2.86 bits per heavy atom. The van der Waals surface area contributed by atoms with E-state index in [1.807, 2.05) is 29.3 Å². The van der Waals surface area contributed by atoms with E-state index in [1.54, 1.807) is 6.07 Å². The minimum atomic E-state index is -4.38. The molecule has 1 aromatic heterocycles. The summed E-state index contributed by atoms with van der Waals surface area (Å²) in [6.07, 6.45) is 4.57. The van der Waals surface area contributed by atoms with E-state index in [0.717, 1.165) is 0 Å². The summed E-state index contributed by atoms with van der Waals surface area (Å²) in [7, 11) is 0. The fourth-order valence-electron chi connectivity index (χ4n) is 1.96. The number of alkyl halides is 3. The van der Waals surface area contributed by atoms with Gasteiger partial charge >= 0.3 is 6.18 Å². The van der Waals surface area contributed by atoms with Gasteiger partial charge in [0.2, 0.25) is 5.88 Å². The van der Waals surface area contributed by atoms with E-state index in [1.165, 1.54) is 12.3 Å². The average molecular weight is 296 g/mol. The largest absolute Gasteiger partial charge is 0.468 e. The Bertz CT molecular complexity index is 607. The average Bonchev–Trinajstić information content (AvgIpc) is 2.89. The second-order valence-corrected chi connectivity index (χ2v) is 4.43. The van der Waals surface area contributed by atoms with Crippen molar-refractivity contribution in [1.82, 2.24) is 15.3 Å². The van der Waals surface area contributed by atoms with Gasteiger partial charge in [-0.25, -0.2) is 4.98 Å². The number of ether oxygens (including phenoxy) is 1. The summed E-state index contributed by atoms with van der Waals surface area (Å²) in [5, 5.41) is 4.19. The fraction of sp³-hybridized carbons (Fsp3) is 0.231. The molecule has 1 N–H and O–H groups in total. The molecule has 0 fully saturated rings. The molecule has 5 nitrogen and oxygen atoms in total. The van der Waals surface area contributed by atoms with Crippen LogP contribution in [0.1, 0.15) is 5.56 Å². The number of nitrogens with one attached hydrogen (secondary N) is 1. The summed E-state index contributed by atoms with van der Waals surface area (Å²) < 4.78 is 40.7. The summed E-state index contributed by atoms with van der Waals surface area (Å²) in [5.74, 6) is 0.573. The Morgan fingerprint density at radius 2 is 2.14 bits per heavy atom. The molecule has 0 bridgehead atoms. The zero-order chi connectivity index (χ0) is 14.9. The zero-order valence-corrected chi connectivity index (χ0v) is 10.7. The molecule has 110 valence electrons. The van der Waals surface area contributed by atoms with Crippen LogP contribution in [0.3, 0.4) is 0 Å². The Kier molecular flexibility index (Phi) is 3.28. The smallest absolute Gasteiger partial charge is 0.422 e. The monoisotopic (exact) mass is 296 g/mol. The molecule has 2 aliphatic heterocycles. The van der Waals surface area contributed by atoms with Crippen LogP contribution in [0.4, 0.5) is 13.2 Å². The van der Waals surface area contributed by atoms with Gasteiger partial charge in [-0.3, -0.25) is 5.43 Å². The lowest BCUT2D eigenvalue weighted by atomic mass is 10.2. The first-order chi connectivity index (χ1) is 10.0. The number of allylic oxidation sites excluding steroid dienone is 2. The van der Waals surface area contributed by atoms with Gasteiger partial charge in [0.05, 0.1) is 0 Å². The van der Waals surface area contributed by atoms with E-state index in [0.29, 0.717) is 11.4 Å². The number of amidine groups is 1. The van der Waals surface area contributed by atoms with Crippen LogP contribution in [0.5, 0.6) is 5.88 Å². The van der Waals surface area contributed by atoms with Gasteiger partial charge < -0.3 is 9.64 Å². The number of hydrogen-bond donors (Lipinski definition) is 1. The lowest BCUT2D eigenvalue weighted by molar-refractivity contribution is -0.154. The van der Waals surface area contributed by atoms with E-state index >= 15 is 0 Å². The molecule has 21 heavy (non-hydrogen) atoms. The van der Waals surface area contributed by atoms with Gasteiger partial charge in [0.25, 0.3) is 0 Å². The van der Waals surface area contributed by atoms with Crippen molar-refractivity contribution in [3.05, 3.63) is 48.3 Å². The highest BCUT2D eigenvalue weighted by molar-refractivity contribution is 6.00. The Balaban J connectivity index is 1.70. The molecule has 1 unspecified atom stereocenters. The van der Waals surface area contributed by atoms with Crippen LogP contribution in [-0.2, 0) is 0 Å². The van der Waals surface area contributed by atoms with Crippen molar-refractivity contribution in [2.75, 3.05) is 6.61 Å². The van der Waals surface area contributed by atoms with Crippen molar-refractivity contribution in [3.8, 4) is 5.88 Å². The van der Waals surface area contributed by atoms with E-state index in [4.69, 9.17) is 0 Å². The molecule has 2 aliphatic rings. The summed E-state index contributed by atoms with van der Waals surface area (Å²) >= 11 is 0. The molecule has 0 aromatic carbocycles. The summed E-state index contributed by atoms with van der Waals surface area (Å²) in [4.78, 5) is 5.76. The predicted molar refractivity (Wildman–Crippen MR) is 69.4 cm³/mol. The lowest BCUT2D eigenvalue weighted by Crippen LogP contribution is -2.36. The standard InChI is InChI=1S/C13H11F3N4O/c14-13(15,16)8-21-11-5-4-9(7-17-11)12-19-18-10-3-1-2-6-20(10)12/h1-7,10,18H,8H2. The first-order valence-corrected chi connectivity index (χ1v) is 6.15. The summed E-state index contributed by atoms with van der Waals surface area (Å²) in [5.41, 5.74) is 3.62. The fourth-order valence-corrected chi connectivity index (χ4v) is 1.96. The van der Waals surface area contributed by atoms with Crippen LogP contribution in [0.25, 0.3) is 0 Å². The van der Waals surface area contributed by atoms with Gasteiger partial charge in [0.1, 0.15) is 6.17 Å². The highest BCUT2D eigenvalue weighted by Gasteiger charge is 2.29. The third kappa shape index (κ3) is 2.99. The number of fused-ring (bicyclic) bond motifs is 1. The molecule has 0 spiro atoms. The molecule has 3 heterocycles. The maximum absolute atomic E-state index is 12.1. The van der Waals surface area contributed by atoms with Crippen molar-refractivity contribution in [2.24, 2.45) is 5.10 Å².